The first-order valence-corrected chi connectivity index (χ1v) is 6.27. The quantitative estimate of drug-likeness (QED) is 0.716. The third-order valence-electron chi connectivity index (χ3n) is 2.80. The number of halogens is 1. The Balaban J connectivity index is 2.11. The highest BCUT2D eigenvalue weighted by Crippen LogP contribution is 2.18. The molecule has 0 radical (unpaired) electrons. The summed E-state index contributed by atoms with van der Waals surface area (Å²) in [4.78, 5) is 11.8. The van der Waals surface area contributed by atoms with Crippen molar-refractivity contribution in [2.45, 2.75) is 19.1 Å². The Morgan fingerprint density at radius 3 is 2.94 bits per heavy atom. The molecule has 1 aromatic heterocycles. The molecule has 6 nitrogen and oxygen atoms in total. The Morgan fingerprint density at radius 2 is 2.41 bits per heavy atom. The third-order valence-corrected chi connectivity index (χ3v) is 3.57. The van der Waals surface area contributed by atoms with Crippen LogP contribution in [0, 0.1) is 0 Å². The molecular formula is C10H15BrN4O2. The summed E-state index contributed by atoms with van der Waals surface area (Å²) in [5, 5.41) is 19.9. The van der Waals surface area contributed by atoms with E-state index in [9.17, 15) is 9.90 Å². The summed E-state index contributed by atoms with van der Waals surface area (Å²) >= 11 is 3.25. The maximum absolute atomic E-state index is 11.8. The van der Waals surface area contributed by atoms with E-state index < -0.39 is 5.60 Å². The Bertz CT molecular complexity index is 470. The van der Waals surface area contributed by atoms with Crippen molar-refractivity contribution < 1.29 is 5.11 Å². The molecule has 7 heteroatoms. The number of aryl methyl sites for hydroxylation is 1. The molecule has 1 saturated heterocycles. The lowest BCUT2D eigenvalue weighted by atomic mass is 9.97. The van der Waals surface area contributed by atoms with Crippen molar-refractivity contribution >= 4 is 21.6 Å². The summed E-state index contributed by atoms with van der Waals surface area (Å²) in [6.07, 6.45) is 1.59. The molecule has 17 heavy (non-hydrogen) atoms. The van der Waals surface area contributed by atoms with Gasteiger partial charge in [0.1, 0.15) is 10.1 Å². The number of aromatic nitrogens is 2. The van der Waals surface area contributed by atoms with Gasteiger partial charge in [0.05, 0.1) is 11.9 Å². The number of nitrogens with zero attached hydrogens (tertiary/aromatic N) is 2. The zero-order valence-corrected chi connectivity index (χ0v) is 11.1. The molecule has 0 saturated carbocycles. The van der Waals surface area contributed by atoms with Crippen molar-refractivity contribution in [3.8, 4) is 0 Å². The topological polar surface area (TPSA) is 79.2 Å². The van der Waals surface area contributed by atoms with Crippen molar-refractivity contribution in [2.24, 2.45) is 0 Å². The lowest BCUT2D eigenvalue weighted by Crippen LogP contribution is -2.63. The van der Waals surface area contributed by atoms with E-state index in [-0.39, 0.29) is 5.56 Å². The van der Waals surface area contributed by atoms with Gasteiger partial charge in [0, 0.05) is 26.2 Å². The van der Waals surface area contributed by atoms with E-state index in [0.717, 1.165) is 0 Å². The fraction of sp³-hybridized carbons (Fsp3) is 0.600. The molecule has 0 amide bonds. The van der Waals surface area contributed by atoms with Gasteiger partial charge >= 0.3 is 0 Å². The molecular weight excluding hydrogens is 288 g/mol. The fourth-order valence-electron chi connectivity index (χ4n) is 1.61. The lowest BCUT2D eigenvalue weighted by Gasteiger charge is -2.37. The van der Waals surface area contributed by atoms with Crippen LogP contribution in [0.2, 0.25) is 0 Å². The predicted octanol–water partition coefficient (Wildman–Crippen LogP) is -0.228. The second-order valence-electron chi connectivity index (χ2n) is 4.17. The molecule has 1 aromatic rings. The van der Waals surface area contributed by atoms with E-state index >= 15 is 0 Å². The number of nitrogens with one attached hydrogen (secondary N) is 2. The number of aliphatic hydroxyl groups is 1. The molecule has 0 spiro atoms. The summed E-state index contributed by atoms with van der Waals surface area (Å²) in [5.41, 5.74) is -0.282. The minimum Gasteiger partial charge on any atom is -0.385 e. The van der Waals surface area contributed by atoms with Crippen LogP contribution in [0.3, 0.4) is 0 Å². The normalized spacial score (nSPS) is 17.6. The zero-order chi connectivity index (χ0) is 12.5. The van der Waals surface area contributed by atoms with Gasteiger partial charge in [-0.1, -0.05) is 0 Å². The summed E-state index contributed by atoms with van der Waals surface area (Å²) in [7, 11) is 0. The van der Waals surface area contributed by atoms with E-state index in [0.29, 0.717) is 36.3 Å². The first-order chi connectivity index (χ1) is 8.06. The van der Waals surface area contributed by atoms with Crippen molar-refractivity contribution in [3.63, 3.8) is 0 Å². The standard InChI is InChI=1S/C10H15BrN4O2/c1-2-15-9(16)8(11)7(3-14-15)13-6-10(17)4-12-5-10/h3,12-13,17H,2,4-6H2,1H3. The van der Waals surface area contributed by atoms with Crippen LogP contribution in [0.25, 0.3) is 0 Å². The van der Waals surface area contributed by atoms with Crippen LogP contribution in [0.15, 0.2) is 15.5 Å². The largest absolute Gasteiger partial charge is 0.385 e. The van der Waals surface area contributed by atoms with Gasteiger partial charge in [0.2, 0.25) is 0 Å². The van der Waals surface area contributed by atoms with Crippen LogP contribution in [-0.2, 0) is 6.54 Å². The van der Waals surface area contributed by atoms with Crippen LogP contribution in [0.1, 0.15) is 6.92 Å². The van der Waals surface area contributed by atoms with Gasteiger partial charge in [-0.2, -0.15) is 5.10 Å². The van der Waals surface area contributed by atoms with Crippen molar-refractivity contribution in [1.29, 1.82) is 0 Å². The molecule has 0 bridgehead atoms. The second-order valence-corrected chi connectivity index (χ2v) is 4.97. The molecule has 3 N–H and O–H groups in total. The van der Waals surface area contributed by atoms with Gasteiger partial charge in [-0.25, -0.2) is 4.68 Å². The highest BCUT2D eigenvalue weighted by atomic mass is 79.9. The number of hydrogen-bond donors (Lipinski definition) is 3. The monoisotopic (exact) mass is 302 g/mol. The Labute approximate surface area is 107 Å². The second kappa shape index (κ2) is 4.75. The number of β-amino-alcohol motifs (C(OH)–C–C–N with tert-alkyl or cyclic N) is 1. The van der Waals surface area contributed by atoms with E-state index in [1.54, 1.807) is 6.20 Å². The van der Waals surface area contributed by atoms with Gasteiger partial charge in [-0.05, 0) is 22.9 Å². The molecule has 0 unspecified atom stereocenters. The Hall–Kier alpha value is -0.920. The van der Waals surface area contributed by atoms with E-state index in [1.807, 2.05) is 6.92 Å². The highest BCUT2D eigenvalue weighted by molar-refractivity contribution is 9.10. The zero-order valence-electron chi connectivity index (χ0n) is 9.53. The van der Waals surface area contributed by atoms with E-state index in [4.69, 9.17) is 0 Å². The van der Waals surface area contributed by atoms with Gasteiger partial charge in [-0.3, -0.25) is 4.79 Å². The molecule has 0 atom stereocenters. The van der Waals surface area contributed by atoms with Crippen LogP contribution in [0.5, 0.6) is 0 Å². The van der Waals surface area contributed by atoms with Crippen molar-refractivity contribution in [1.82, 2.24) is 15.1 Å². The van der Waals surface area contributed by atoms with Crippen LogP contribution in [-0.4, -0.2) is 40.1 Å². The molecule has 0 aliphatic carbocycles. The third kappa shape index (κ3) is 2.51. The molecule has 2 heterocycles. The molecule has 1 fully saturated rings. The smallest absolute Gasteiger partial charge is 0.283 e. The minimum absolute atomic E-state index is 0.170. The first kappa shape index (κ1) is 12.5. The van der Waals surface area contributed by atoms with E-state index in [2.05, 4.69) is 31.7 Å². The van der Waals surface area contributed by atoms with Crippen LogP contribution >= 0.6 is 15.9 Å². The predicted molar refractivity (Wildman–Crippen MR) is 68.2 cm³/mol. The number of rotatable bonds is 4. The molecule has 1 aliphatic rings. The Kier molecular flexibility index (Phi) is 3.50. The minimum atomic E-state index is -0.723. The first-order valence-electron chi connectivity index (χ1n) is 5.48. The molecule has 0 aromatic carbocycles. The van der Waals surface area contributed by atoms with Gasteiger partial charge in [-0.15, -0.1) is 0 Å². The highest BCUT2D eigenvalue weighted by Gasteiger charge is 2.34. The van der Waals surface area contributed by atoms with E-state index in [1.165, 1.54) is 4.68 Å². The SMILES string of the molecule is CCn1ncc(NCC2(O)CNC2)c(Br)c1=O. The van der Waals surface area contributed by atoms with Gasteiger partial charge < -0.3 is 15.7 Å². The number of anilines is 1. The van der Waals surface area contributed by atoms with Gasteiger partial charge in [0.15, 0.2) is 0 Å². The summed E-state index contributed by atoms with van der Waals surface area (Å²) < 4.78 is 1.82. The van der Waals surface area contributed by atoms with Crippen LogP contribution < -0.4 is 16.2 Å². The van der Waals surface area contributed by atoms with Crippen molar-refractivity contribution in [3.05, 3.63) is 21.0 Å². The number of hydrogen-bond acceptors (Lipinski definition) is 5. The molecule has 2 rings (SSSR count). The lowest BCUT2D eigenvalue weighted by molar-refractivity contribution is 0.00311. The average Bonchev–Trinajstić information content (AvgIpc) is 2.29. The average molecular weight is 303 g/mol. The maximum Gasteiger partial charge on any atom is 0.283 e. The summed E-state index contributed by atoms with van der Waals surface area (Å²) in [6, 6.07) is 0. The van der Waals surface area contributed by atoms with Gasteiger partial charge in [0.25, 0.3) is 5.56 Å². The molecule has 94 valence electrons. The summed E-state index contributed by atoms with van der Waals surface area (Å²) in [5.74, 6) is 0. The van der Waals surface area contributed by atoms with Crippen molar-refractivity contribution in [2.75, 3.05) is 25.0 Å². The van der Waals surface area contributed by atoms with Crippen LogP contribution in [0.4, 0.5) is 5.69 Å². The summed E-state index contributed by atoms with van der Waals surface area (Å²) in [6.45, 7) is 3.92. The molecule has 1 aliphatic heterocycles. The Morgan fingerprint density at radius 1 is 1.71 bits per heavy atom. The maximum atomic E-state index is 11.8. The fourth-order valence-corrected chi connectivity index (χ4v) is 2.06.